The molecule has 0 aromatic carbocycles. The van der Waals surface area contributed by atoms with E-state index >= 15 is 0 Å². The van der Waals surface area contributed by atoms with Gasteiger partial charge in [0.05, 0.1) is 0 Å². The van der Waals surface area contributed by atoms with E-state index in [1.807, 2.05) is 0 Å². The predicted molar refractivity (Wildman–Crippen MR) is 16.2 cm³/mol. The zero-order chi connectivity index (χ0) is 4.12. The average molecular weight is 114 g/mol. The summed E-state index contributed by atoms with van der Waals surface area (Å²) in [6.45, 7) is 2.86. The van der Waals surface area contributed by atoms with Crippen molar-refractivity contribution in [2.24, 2.45) is 0 Å². The van der Waals surface area contributed by atoms with Crippen LogP contribution in [0.15, 0.2) is 0 Å². The van der Waals surface area contributed by atoms with Crippen LogP contribution >= 0.6 is 0 Å². The fraction of sp³-hybridized carbons (Fsp3) is 1.00. The Morgan fingerprint density at radius 1 is 1.80 bits per heavy atom. The van der Waals surface area contributed by atoms with E-state index in [1.54, 1.807) is 0 Å². The molecule has 0 aromatic rings. The summed E-state index contributed by atoms with van der Waals surface area (Å²) in [5.74, 6) is 0. The summed E-state index contributed by atoms with van der Waals surface area (Å²) in [7, 11) is 0. The molecule has 0 heterocycles. The SMILES string of the molecule is CCC[O][Mn]. The molecule has 0 spiro atoms. The standard InChI is InChI=1S/C3H7O.Mn/c1-2-3-4;/h2-3H2,1H3;/q-1;+1. The molecule has 0 saturated carbocycles. The van der Waals surface area contributed by atoms with E-state index in [9.17, 15) is 0 Å². The molecule has 5 heavy (non-hydrogen) atoms. The minimum absolute atomic E-state index is 0.806. The molecule has 0 aliphatic heterocycles. The van der Waals surface area contributed by atoms with Gasteiger partial charge in [-0.25, -0.2) is 0 Å². The van der Waals surface area contributed by atoms with Gasteiger partial charge in [0, 0.05) is 0 Å². The topological polar surface area (TPSA) is 9.23 Å². The summed E-state index contributed by atoms with van der Waals surface area (Å²) in [5, 5.41) is 0. The monoisotopic (exact) mass is 114 g/mol. The first kappa shape index (κ1) is 5.48. The summed E-state index contributed by atoms with van der Waals surface area (Å²) in [6, 6.07) is 0. The number of hydrogen-bond donors (Lipinski definition) is 0. The Morgan fingerprint density at radius 2 is 2.40 bits per heavy atom. The van der Waals surface area contributed by atoms with Crippen molar-refractivity contribution in [2.45, 2.75) is 13.3 Å². The van der Waals surface area contributed by atoms with E-state index in [0.717, 1.165) is 13.0 Å². The van der Waals surface area contributed by atoms with Crippen LogP contribution in [-0.2, 0) is 20.2 Å². The average Bonchev–Trinajstić information content (AvgIpc) is 1.41. The maximum atomic E-state index is 4.50. The second kappa shape index (κ2) is 4.48. The summed E-state index contributed by atoms with van der Waals surface area (Å²) in [4.78, 5) is 0. The second-order valence-corrected chi connectivity index (χ2v) is 1.15. The third kappa shape index (κ3) is 4.48. The Morgan fingerprint density at radius 3 is 2.40 bits per heavy atom. The van der Waals surface area contributed by atoms with Crippen LogP contribution in [-0.4, -0.2) is 6.61 Å². The molecule has 0 aliphatic carbocycles. The van der Waals surface area contributed by atoms with Gasteiger partial charge < -0.3 is 0 Å². The van der Waals surface area contributed by atoms with Crippen LogP contribution in [0, 0.1) is 0 Å². The second-order valence-electron chi connectivity index (χ2n) is 0.813. The molecule has 32 valence electrons. The molecule has 0 rings (SSSR count). The van der Waals surface area contributed by atoms with Gasteiger partial charge in [0.1, 0.15) is 0 Å². The van der Waals surface area contributed by atoms with Crippen molar-refractivity contribution in [3.8, 4) is 0 Å². The quantitative estimate of drug-likeness (QED) is 0.484. The van der Waals surface area contributed by atoms with Crippen LogP contribution < -0.4 is 0 Å². The van der Waals surface area contributed by atoms with Crippen molar-refractivity contribution in [1.29, 1.82) is 0 Å². The molecule has 0 bridgehead atoms. The van der Waals surface area contributed by atoms with Crippen LogP contribution in [0.3, 0.4) is 0 Å². The molecule has 0 atom stereocenters. The van der Waals surface area contributed by atoms with Crippen LogP contribution in [0.2, 0.25) is 0 Å². The fourth-order valence-corrected chi connectivity index (χ4v) is 0.318. The van der Waals surface area contributed by atoms with Gasteiger partial charge in [-0.05, 0) is 0 Å². The molecule has 0 N–H and O–H groups in total. The van der Waals surface area contributed by atoms with E-state index in [-0.39, 0.29) is 0 Å². The van der Waals surface area contributed by atoms with Gasteiger partial charge in [0.15, 0.2) is 0 Å². The molecule has 0 radical (unpaired) electrons. The van der Waals surface area contributed by atoms with Crippen LogP contribution in [0.4, 0.5) is 0 Å². The van der Waals surface area contributed by atoms with E-state index < -0.39 is 0 Å². The van der Waals surface area contributed by atoms with Gasteiger partial charge in [-0.3, -0.25) is 0 Å². The van der Waals surface area contributed by atoms with Gasteiger partial charge >= 0.3 is 40.1 Å². The molecule has 0 fully saturated rings. The van der Waals surface area contributed by atoms with Gasteiger partial charge in [-0.2, -0.15) is 0 Å². The summed E-state index contributed by atoms with van der Waals surface area (Å²) in [6.07, 6.45) is 1.07. The van der Waals surface area contributed by atoms with E-state index in [0.29, 0.717) is 0 Å². The minimum atomic E-state index is 0.806. The fourth-order valence-electron chi connectivity index (χ4n) is 0.0772. The first-order valence-corrected chi connectivity index (χ1v) is 2.13. The van der Waals surface area contributed by atoms with Gasteiger partial charge in [0.2, 0.25) is 0 Å². The first-order valence-electron chi connectivity index (χ1n) is 1.65. The van der Waals surface area contributed by atoms with Crippen molar-refractivity contribution >= 4 is 0 Å². The van der Waals surface area contributed by atoms with E-state index in [1.165, 1.54) is 0 Å². The van der Waals surface area contributed by atoms with E-state index in [4.69, 9.17) is 0 Å². The van der Waals surface area contributed by atoms with Crippen molar-refractivity contribution in [2.75, 3.05) is 6.61 Å². The first-order chi connectivity index (χ1) is 2.41. The Hall–Kier alpha value is 0.479. The van der Waals surface area contributed by atoms with Crippen LogP contribution in [0.1, 0.15) is 13.3 Å². The Balaban J connectivity index is 2.19. The molecule has 1 nitrogen and oxygen atoms in total. The van der Waals surface area contributed by atoms with Crippen molar-refractivity contribution < 1.29 is 20.2 Å². The number of rotatable bonds is 2. The predicted octanol–water partition coefficient (Wildman–Crippen LogP) is 0.875. The third-order valence-electron chi connectivity index (χ3n) is 0.281. The zero-order valence-electron chi connectivity index (χ0n) is 3.20. The molecule has 0 aromatic heterocycles. The molecule has 0 unspecified atom stereocenters. The molecule has 2 heteroatoms. The Bertz CT molecular complexity index is 14.4. The van der Waals surface area contributed by atoms with Crippen molar-refractivity contribution in [1.82, 2.24) is 0 Å². The van der Waals surface area contributed by atoms with Gasteiger partial charge in [-0.1, -0.05) is 0 Å². The number of hydrogen-bond acceptors (Lipinski definition) is 1. The molecule has 0 amide bonds. The molecule has 0 saturated heterocycles. The Kier molecular flexibility index (Phi) is 4.91. The van der Waals surface area contributed by atoms with Crippen LogP contribution in [0.5, 0.6) is 0 Å². The molecular weight excluding hydrogens is 107 g/mol. The normalized spacial score (nSPS) is 8.40. The van der Waals surface area contributed by atoms with Crippen molar-refractivity contribution in [3.05, 3.63) is 0 Å². The van der Waals surface area contributed by atoms with E-state index in [2.05, 4.69) is 27.1 Å². The third-order valence-corrected chi connectivity index (χ3v) is 0.522. The summed E-state index contributed by atoms with van der Waals surface area (Å²) >= 11 is 2.81. The van der Waals surface area contributed by atoms with Gasteiger partial charge in [-0.15, -0.1) is 0 Å². The maximum absolute atomic E-state index is 4.50. The van der Waals surface area contributed by atoms with Gasteiger partial charge in [0.25, 0.3) is 0 Å². The van der Waals surface area contributed by atoms with Crippen LogP contribution in [0.25, 0.3) is 0 Å². The zero-order valence-corrected chi connectivity index (χ0v) is 4.38. The summed E-state index contributed by atoms with van der Waals surface area (Å²) < 4.78 is 4.50. The Labute approximate surface area is 40.8 Å². The molecular formula is C3H7MnO. The summed E-state index contributed by atoms with van der Waals surface area (Å²) in [5.41, 5.74) is 0. The van der Waals surface area contributed by atoms with Crippen molar-refractivity contribution in [3.63, 3.8) is 0 Å². The molecule has 0 aliphatic rings.